The molecule has 3 aromatic rings. The molecule has 2 heterocycles. The maximum atomic E-state index is 12.7. The fourth-order valence-corrected chi connectivity index (χ4v) is 3.50. The Morgan fingerprint density at radius 1 is 1.08 bits per heavy atom. The second kappa shape index (κ2) is 7.43. The Hall–Kier alpha value is -2.45. The van der Waals surface area contributed by atoms with E-state index in [2.05, 4.69) is 9.97 Å². The third-order valence-electron chi connectivity index (χ3n) is 4.10. The van der Waals surface area contributed by atoms with Crippen LogP contribution in [0.15, 0.2) is 38.9 Å². The van der Waals surface area contributed by atoms with Crippen molar-refractivity contribution in [2.24, 2.45) is 14.1 Å². The SMILES string of the molecule is COCCSc1nc(-c2ccc(C)cc2)nc2c1c(=O)n(C)c(=O)n2C. The molecule has 26 heavy (non-hydrogen) atoms. The highest BCUT2D eigenvalue weighted by atomic mass is 32.2. The van der Waals surface area contributed by atoms with Gasteiger partial charge in [-0.1, -0.05) is 29.8 Å². The average Bonchev–Trinajstić information content (AvgIpc) is 2.65. The summed E-state index contributed by atoms with van der Waals surface area (Å²) in [5.41, 5.74) is 1.50. The molecule has 8 heteroatoms. The van der Waals surface area contributed by atoms with Gasteiger partial charge >= 0.3 is 5.69 Å². The minimum absolute atomic E-state index is 0.337. The first-order chi connectivity index (χ1) is 12.4. The van der Waals surface area contributed by atoms with Crippen molar-refractivity contribution in [2.45, 2.75) is 11.9 Å². The zero-order valence-electron chi connectivity index (χ0n) is 15.1. The lowest BCUT2D eigenvalue weighted by Crippen LogP contribution is -2.37. The summed E-state index contributed by atoms with van der Waals surface area (Å²) in [6, 6.07) is 7.81. The van der Waals surface area contributed by atoms with Crippen LogP contribution in [0.4, 0.5) is 0 Å². The number of hydrogen-bond donors (Lipinski definition) is 0. The second-order valence-electron chi connectivity index (χ2n) is 5.96. The van der Waals surface area contributed by atoms with Gasteiger partial charge in [0, 0.05) is 32.5 Å². The highest BCUT2D eigenvalue weighted by molar-refractivity contribution is 7.99. The molecule has 3 rings (SSSR count). The Morgan fingerprint density at radius 3 is 2.42 bits per heavy atom. The number of rotatable bonds is 5. The van der Waals surface area contributed by atoms with Crippen molar-refractivity contribution < 1.29 is 4.74 Å². The van der Waals surface area contributed by atoms with Gasteiger partial charge in [-0.2, -0.15) is 0 Å². The molecule has 2 aromatic heterocycles. The molecule has 0 saturated heterocycles. The summed E-state index contributed by atoms with van der Waals surface area (Å²) in [4.78, 5) is 34.1. The molecule has 0 aliphatic carbocycles. The number of methoxy groups -OCH3 is 1. The van der Waals surface area contributed by atoms with Gasteiger partial charge in [-0.05, 0) is 6.92 Å². The van der Waals surface area contributed by atoms with Crippen LogP contribution >= 0.6 is 11.8 Å². The maximum absolute atomic E-state index is 12.7. The summed E-state index contributed by atoms with van der Waals surface area (Å²) in [6.07, 6.45) is 0. The molecular formula is C18H20N4O3S. The van der Waals surface area contributed by atoms with Crippen molar-refractivity contribution in [3.63, 3.8) is 0 Å². The van der Waals surface area contributed by atoms with Crippen LogP contribution in [0.2, 0.25) is 0 Å². The zero-order chi connectivity index (χ0) is 18.8. The van der Waals surface area contributed by atoms with Crippen LogP contribution in [0.1, 0.15) is 5.56 Å². The molecule has 0 spiro atoms. The number of aryl methyl sites for hydroxylation is 2. The molecule has 0 fully saturated rings. The van der Waals surface area contributed by atoms with Gasteiger partial charge in [0.2, 0.25) is 0 Å². The van der Waals surface area contributed by atoms with Gasteiger partial charge in [-0.3, -0.25) is 13.9 Å². The monoisotopic (exact) mass is 372 g/mol. The molecule has 0 aliphatic heterocycles. The van der Waals surface area contributed by atoms with Crippen molar-refractivity contribution in [1.29, 1.82) is 0 Å². The topological polar surface area (TPSA) is 79.0 Å². The molecule has 0 N–H and O–H groups in total. The minimum atomic E-state index is -0.413. The van der Waals surface area contributed by atoms with Crippen LogP contribution in [0.3, 0.4) is 0 Å². The molecule has 0 atom stereocenters. The van der Waals surface area contributed by atoms with Gasteiger partial charge in [0.15, 0.2) is 11.5 Å². The highest BCUT2D eigenvalue weighted by Gasteiger charge is 2.18. The van der Waals surface area contributed by atoms with Gasteiger partial charge < -0.3 is 4.74 Å². The van der Waals surface area contributed by atoms with Gasteiger partial charge in [0.1, 0.15) is 10.4 Å². The van der Waals surface area contributed by atoms with E-state index in [1.807, 2.05) is 31.2 Å². The molecule has 0 amide bonds. The van der Waals surface area contributed by atoms with Crippen LogP contribution < -0.4 is 11.2 Å². The number of aromatic nitrogens is 4. The first-order valence-corrected chi connectivity index (χ1v) is 9.09. The van der Waals surface area contributed by atoms with E-state index in [1.54, 1.807) is 14.2 Å². The van der Waals surface area contributed by atoms with Crippen LogP contribution in [-0.2, 0) is 18.8 Å². The van der Waals surface area contributed by atoms with Crippen molar-refractivity contribution >= 4 is 22.8 Å². The minimum Gasteiger partial charge on any atom is -0.384 e. The van der Waals surface area contributed by atoms with Gasteiger partial charge in [-0.15, -0.1) is 11.8 Å². The van der Waals surface area contributed by atoms with Crippen LogP contribution in [0.25, 0.3) is 22.4 Å². The molecule has 0 aliphatic rings. The first kappa shape index (κ1) is 18.3. The number of benzene rings is 1. The summed E-state index contributed by atoms with van der Waals surface area (Å²) in [5.74, 6) is 1.13. The number of fused-ring (bicyclic) bond motifs is 1. The number of thioether (sulfide) groups is 1. The molecule has 0 saturated carbocycles. The molecule has 0 unspecified atom stereocenters. The molecule has 0 bridgehead atoms. The molecular weight excluding hydrogens is 352 g/mol. The Kier molecular flexibility index (Phi) is 5.24. The summed E-state index contributed by atoms with van der Waals surface area (Å²) >= 11 is 1.42. The van der Waals surface area contributed by atoms with Crippen LogP contribution in [0, 0.1) is 6.92 Å². The van der Waals surface area contributed by atoms with E-state index >= 15 is 0 Å². The Labute approximate surface area is 154 Å². The highest BCUT2D eigenvalue weighted by Crippen LogP contribution is 2.26. The van der Waals surface area contributed by atoms with E-state index in [0.717, 1.165) is 15.7 Å². The normalized spacial score (nSPS) is 11.2. The van der Waals surface area contributed by atoms with Crippen LogP contribution in [-0.4, -0.2) is 38.6 Å². The van der Waals surface area contributed by atoms with Crippen molar-refractivity contribution in [1.82, 2.24) is 19.1 Å². The summed E-state index contributed by atoms with van der Waals surface area (Å²) in [6.45, 7) is 2.53. The fraction of sp³-hybridized carbons (Fsp3) is 0.333. The lowest BCUT2D eigenvalue weighted by atomic mass is 10.1. The van der Waals surface area contributed by atoms with Crippen molar-refractivity contribution in [3.8, 4) is 11.4 Å². The van der Waals surface area contributed by atoms with Crippen molar-refractivity contribution in [2.75, 3.05) is 19.5 Å². The third-order valence-corrected chi connectivity index (χ3v) is 5.04. The average molecular weight is 372 g/mol. The molecule has 7 nitrogen and oxygen atoms in total. The predicted octanol–water partition coefficient (Wildman–Crippen LogP) is 1.74. The Balaban J connectivity index is 2.30. The van der Waals surface area contributed by atoms with E-state index in [1.165, 1.54) is 23.4 Å². The largest absolute Gasteiger partial charge is 0.384 e. The quantitative estimate of drug-likeness (QED) is 0.386. The van der Waals surface area contributed by atoms with E-state index in [0.29, 0.717) is 34.2 Å². The fourth-order valence-electron chi connectivity index (χ4n) is 2.59. The Morgan fingerprint density at radius 2 is 1.77 bits per heavy atom. The number of nitrogens with zero attached hydrogens (tertiary/aromatic N) is 4. The molecule has 0 radical (unpaired) electrons. The zero-order valence-corrected chi connectivity index (χ0v) is 16.0. The summed E-state index contributed by atoms with van der Waals surface area (Å²) in [7, 11) is 4.69. The predicted molar refractivity (Wildman–Crippen MR) is 103 cm³/mol. The molecule has 136 valence electrons. The third kappa shape index (κ3) is 3.30. The second-order valence-corrected chi connectivity index (χ2v) is 7.05. The smallest absolute Gasteiger partial charge is 0.332 e. The standard InChI is InChI=1S/C18H20N4O3S/c1-11-5-7-12(8-6-11)14-19-15-13(16(20-14)26-10-9-25-4)17(23)22(3)18(24)21(15)2/h5-8H,9-10H2,1-4H3. The maximum Gasteiger partial charge on any atom is 0.332 e. The van der Waals surface area contributed by atoms with E-state index in [4.69, 9.17) is 4.74 Å². The summed E-state index contributed by atoms with van der Waals surface area (Å²) < 4.78 is 7.56. The molecule has 1 aromatic carbocycles. The van der Waals surface area contributed by atoms with E-state index in [-0.39, 0.29) is 0 Å². The Bertz CT molecular complexity index is 1070. The van der Waals surface area contributed by atoms with E-state index < -0.39 is 11.2 Å². The number of hydrogen-bond acceptors (Lipinski definition) is 6. The lowest BCUT2D eigenvalue weighted by Gasteiger charge is -2.12. The van der Waals surface area contributed by atoms with E-state index in [9.17, 15) is 9.59 Å². The first-order valence-electron chi connectivity index (χ1n) is 8.10. The van der Waals surface area contributed by atoms with Crippen molar-refractivity contribution in [3.05, 3.63) is 50.7 Å². The summed E-state index contributed by atoms with van der Waals surface area (Å²) in [5, 5.41) is 0.908. The van der Waals surface area contributed by atoms with Gasteiger partial charge in [-0.25, -0.2) is 14.8 Å². The van der Waals surface area contributed by atoms with Crippen LogP contribution in [0.5, 0.6) is 0 Å². The number of ether oxygens (including phenoxy) is 1. The van der Waals surface area contributed by atoms with Gasteiger partial charge in [0.05, 0.1) is 6.61 Å². The lowest BCUT2D eigenvalue weighted by molar-refractivity contribution is 0.218. The van der Waals surface area contributed by atoms with Gasteiger partial charge in [0.25, 0.3) is 5.56 Å².